The predicted molar refractivity (Wildman–Crippen MR) is 107 cm³/mol. The summed E-state index contributed by atoms with van der Waals surface area (Å²) in [6, 6.07) is 0. The Kier molecular flexibility index (Phi) is 15.7. The Hall–Kier alpha value is -0.0600. The molecule has 6 heteroatoms. The molecule has 0 spiro atoms. The number of nitrogens with zero attached hydrogens (tertiary/aromatic N) is 1. The number of carbonyl (C=O) groups excluding carboxylic acids is 1. The summed E-state index contributed by atoms with van der Waals surface area (Å²) < 4.78 is 0. The van der Waals surface area contributed by atoms with Crippen LogP contribution in [0.5, 0.6) is 0 Å². The van der Waals surface area contributed by atoms with Crippen molar-refractivity contribution in [3.05, 3.63) is 0 Å². The van der Waals surface area contributed by atoms with Gasteiger partial charge in [-0.15, -0.1) is 4.99 Å². The van der Waals surface area contributed by atoms with Crippen molar-refractivity contribution in [2.45, 2.75) is 110 Å². The molecule has 0 aromatic heterocycles. The molecular weight excluding hydrogens is 349 g/mol. The van der Waals surface area contributed by atoms with Crippen molar-refractivity contribution in [2.75, 3.05) is 12.8 Å². The lowest BCUT2D eigenvalue weighted by Gasteiger charge is -2.24. The van der Waals surface area contributed by atoms with E-state index in [1.54, 1.807) is 0 Å². The van der Waals surface area contributed by atoms with E-state index >= 15 is 0 Å². The lowest BCUT2D eigenvalue weighted by molar-refractivity contribution is -0.469. The lowest BCUT2D eigenvalue weighted by atomic mass is 10.0. The molecule has 1 N–H and O–H groups in total. The molecule has 0 amide bonds. The maximum Gasteiger partial charge on any atom is 0.174 e. The van der Waals surface area contributed by atoms with Crippen LogP contribution >= 0.6 is 8.07 Å². The molecule has 26 heavy (non-hydrogen) atoms. The highest BCUT2D eigenvalue weighted by atomic mass is 31.1. The Morgan fingerprint density at radius 3 is 2.00 bits per heavy atom. The van der Waals surface area contributed by atoms with Crippen molar-refractivity contribution in [3.63, 3.8) is 0 Å². The minimum atomic E-state index is -1.28. The van der Waals surface area contributed by atoms with Gasteiger partial charge in [0.15, 0.2) is 5.52 Å². The van der Waals surface area contributed by atoms with Crippen LogP contribution in [-0.2, 0) is 14.7 Å². The number of hydrogen-bond donors (Lipinski definition) is 1. The first kappa shape index (κ1) is 24.0. The molecule has 0 saturated carbocycles. The molecule has 1 rings (SSSR count). The van der Waals surface area contributed by atoms with Crippen molar-refractivity contribution in [1.29, 1.82) is 0 Å². The zero-order valence-electron chi connectivity index (χ0n) is 16.8. The van der Waals surface area contributed by atoms with Gasteiger partial charge in [0.25, 0.3) is 0 Å². The molecule has 1 aliphatic heterocycles. The maximum atomic E-state index is 12.3. The first-order chi connectivity index (χ1) is 12.8. The summed E-state index contributed by atoms with van der Waals surface area (Å²) in [5.74, 6) is 0. The maximum absolute atomic E-state index is 12.3. The van der Waals surface area contributed by atoms with Gasteiger partial charge in [-0.25, -0.2) is 4.89 Å². The Morgan fingerprint density at radius 1 is 0.885 bits per heavy atom. The fourth-order valence-electron chi connectivity index (χ4n) is 3.28. The van der Waals surface area contributed by atoms with Gasteiger partial charge in [0.2, 0.25) is 0 Å². The first-order valence-corrected chi connectivity index (χ1v) is 12.3. The van der Waals surface area contributed by atoms with E-state index in [4.69, 9.17) is 9.88 Å². The zero-order chi connectivity index (χ0) is 18.9. The summed E-state index contributed by atoms with van der Waals surface area (Å²) >= 11 is 0. The Labute approximate surface area is 161 Å². The van der Waals surface area contributed by atoms with E-state index in [-0.39, 0.29) is 5.52 Å². The molecule has 154 valence electrons. The van der Waals surface area contributed by atoms with E-state index in [0.29, 0.717) is 24.2 Å². The van der Waals surface area contributed by atoms with Gasteiger partial charge < -0.3 is 0 Å². The molecular formula is C20H40NO4P. The molecule has 1 fully saturated rings. The van der Waals surface area contributed by atoms with Crippen molar-refractivity contribution in [2.24, 2.45) is 0 Å². The summed E-state index contributed by atoms with van der Waals surface area (Å²) in [7, 11) is -1.28. The molecule has 1 heterocycles. The van der Waals surface area contributed by atoms with Crippen LogP contribution in [0.2, 0.25) is 0 Å². The highest BCUT2D eigenvalue weighted by molar-refractivity contribution is 7.72. The van der Waals surface area contributed by atoms with Gasteiger partial charge >= 0.3 is 0 Å². The van der Waals surface area contributed by atoms with Crippen molar-refractivity contribution >= 4 is 13.6 Å². The number of hydrogen-bond acceptors (Lipinski definition) is 5. The van der Waals surface area contributed by atoms with E-state index in [9.17, 15) is 10.0 Å². The van der Waals surface area contributed by atoms with Gasteiger partial charge in [-0.05, 0) is 30.4 Å². The van der Waals surface area contributed by atoms with E-state index in [2.05, 4.69) is 6.92 Å². The van der Waals surface area contributed by atoms with Crippen molar-refractivity contribution in [3.8, 4) is 0 Å². The Balaban J connectivity index is 1.91. The van der Waals surface area contributed by atoms with Gasteiger partial charge in [0, 0.05) is 6.42 Å². The van der Waals surface area contributed by atoms with Gasteiger partial charge in [-0.1, -0.05) is 84.0 Å². The highest BCUT2D eigenvalue weighted by Crippen LogP contribution is 2.43. The van der Waals surface area contributed by atoms with Crippen LogP contribution in [0.3, 0.4) is 0 Å². The van der Waals surface area contributed by atoms with Crippen LogP contribution in [0.25, 0.3) is 0 Å². The summed E-state index contributed by atoms with van der Waals surface area (Å²) in [5, 5.41) is 9.74. The molecule has 0 radical (unpaired) electrons. The van der Waals surface area contributed by atoms with Crippen molar-refractivity contribution in [1.82, 2.24) is 5.00 Å². The van der Waals surface area contributed by atoms with Crippen molar-refractivity contribution < 1.29 is 19.9 Å². The third kappa shape index (κ3) is 12.3. The second-order valence-electron chi connectivity index (χ2n) is 7.37. The third-order valence-corrected chi connectivity index (χ3v) is 6.97. The fraction of sp³-hybridized carbons (Fsp3) is 0.950. The summed E-state index contributed by atoms with van der Waals surface area (Å²) in [6.45, 7) is 2.73. The fourth-order valence-corrected chi connectivity index (χ4v) is 4.95. The van der Waals surface area contributed by atoms with Crippen LogP contribution in [0.1, 0.15) is 110 Å². The topological polar surface area (TPSA) is 59.0 Å². The number of unbranched alkanes of at least 4 members (excludes halogenated alkanes) is 12. The van der Waals surface area contributed by atoms with Crippen LogP contribution < -0.4 is 0 Å². The largest absolute Gasteiger partial charge is 0.293 e. The van der Waals surface area contributed by atoms with Gasteiger partial charge in [-0.2, -0.15) is 0 Å². The van der Waals surface area contributed by atoms with Crippen LogP contribution in [0.15, 0.2) is 0 Å². The SMILES string of the molecule is CCCCCCCCCCCCCCCC(=O)P1CCCCOON1O. The third-order valence-electron chi connectivity index (χ3n) is 4.96. The first-order valence-electron chi connectivity index (χ1n) is 10.8. The Morgan fingerprint density at radius 2 is 1.42 bits per heavy atom. The summed E-state index contributed by atoms with van der Waals surface area (Å²) in [5.41, 5.74) is 0.121. The van der Waals surface area contributed by atoms with Gasteiger partial charge in [0.1, 0.15) is 0 Å². The highest BCUT2D eigenvalue weighted by Gasteiger charge is 2.27. The molecule has 0 aromatic carbocycles. The molecule has 5 nitrogen and oxygen atoms in total. The number of carbonyl (C=O) groups is 1. The van der Waals surface area contributed by atoms with Crippen LogP contribution in [0, 0.1) is 0 Å². The normalized spacial score (nSPS) is 19.2. The monoisotopic (exact) mass is 389 g/mol. The molecule has 1 aliphatic rings. The predicted octanol–water partition coefficient (Wildman–Crippen LogP) is 6.74. The molecule has 1 saturated heterocycles. The molecule has 0 aromatic rings. The lowest BCUT2D eigenvalue weighted by Crippen LogP contribution is -2.22. The van der Waals surface area contributed by atoms with E-state index in [1.165, 1.54) is 70.6 Å². The molecule has 1 atom stereocenters. The second-order valence-corrected chi connectivity index (χ2v) is 9.45. The van der Waals surface area contributed by atoms with Gasteiger partial charge in [0.05, 0.1) is 14.7 Å². The second kappa shape index (κ2) is 17.1. The van der Waals surface area contributed by atoms with Crippen LogP contribution in [0.4, 0.5) is 0 Å². The molecule has 1 unspecified atom stereocenters. The smallest absolute Gasteiger partial charge is 0.174 e. The average molecular weight is 390 g/mol. The minimum Gasteiger partial charge on any atom is -0.293 e. The zero-order valence-corrected chi connectivity index (χ0v) is 17.7. The molecule has 0 bridgehead atoms. The minimum absolute atomic E-state index is 0.121. The standard InChI is InChI=1S/C20H40NO4P/c1-2-3-4-5-6-7-8-9-10-11-12-13-14-17-20(22)26-19-16-15-18-24-25-21(26)23/h23H,2-19H2,1H3. The quantitative estimate of drug-likeness (QED) is 0.191. The van der Waals surface area contributed by atoms with Gasteiger partial charge in [-0.3, -0.25) is 10.0 Å². The average Bonchev–Trinajstić information content (AvgIpc) is 2.62. The summed E-state index contributed by atoms with van der Waals surface area (Å²) in [4.78, 5) is 22.5. The van der Waals surface area contributed by atoms with Crippen LogP contribution in [-0.4, -0.2) is 28.5 Å². The molecule has 0 aliphatic carbocycles. The summed E-state index contributed by atoms with van der Waals surface area (Å²) in [6.07, 6.45) is 19.9. The number of rotatable bonds is 15. The van der Waals surface area contributed by atoms with E-state index in [1.807, 2.05) is 0 Å². The van der Waals surface area contributed by atoms with E-state index < -0.39 is 8.07 Å². The Bertz CT molecular complexity index is 344. The van der Waals surface area contributed by atoms with E-state index in [0.717, 1.165) is 25.7 Å².